The maximum atomic E-state index is 10.4. The van der Waals surface area contributed by atoms with E-state index in [2.05, 4.69) is 0 Å². The first-order valence-electron chi connectivity index (χ1n) is 3.56. The van der Waals surface area contributed by atoms with Crippen LogP contribution in [0, 0.1) is 20.2 Å². The van der Waals surface area contributed by atoms with Crippen LogP contribution < -0.4 is 0 Å². The Kier molecular flexibility index (Phi) is 2.73. The predicted octanol–water partition coefficient (Wildman–Crippen LogP) is 1.43. The Morgan fingerprint density at radius 2 is 1.64 bits per heavy atom. The van der Waals surface area contributed by atoms with E-state index in [0.717, 1.165) is 12.1 Å². The molecule has 1 radical (unpaired) electrons. The van der Waals surface area contributed by atoms with Gasteiger partial charge in [0.05, 0.1) is 9.85 Å². The van der Waals surface area contributed by atoms with Crippen molar-refractivity contribution in [3.05, 3.63) is 44.0 Å². The first-order chi connectivity index (χ1) is 6.56. The fourth-order valence-electron chi connectivity index (χ4n) is 0.959. The molecule has 1 aromatic carbocycles. The fraction of sp³-hybridized carbons (Fsp3) is 0.143. The van der Waals surface area contributed by atoms with Crippen LogP contribution in [0.15, 0.2) is 18.2 Å². The lowest BCUT2D eigenvalue weighted by Crippen LogP contribution is -1.97. The Morgan fingerprint density at radius 1 is 1.07 bits per heavy atom. The first-order valence-corrected chi connectivity index (χ1v) is 3.56. The maximum absolute atomic E-state index is 10.4. The van der Waals surface area contributed by atoms with E-state index < -0.39 is 27.8 Å². The molecule has 7 heteroatoms. The molecule has 0 saturated heterocycles. The van der Waals surface area contributed by atoms with E-state index in [1.165, 1.54) is 6.07 Å². The number of nitro groups is 2. The zero-order valence-corrected chi connectivity index (χ0v) is 6.87. The molecule has 7 nitrogen and oxygen atoms in total. The summed E-state index contributed by atoms with van der Waals surface area (Å²) in [6.07, 6.45) is 0. The maximum Gasteiger partial charge on any atom is 0.346 e. The Morgan fingerprint density at radius 3 is 2.07 bits per heavy atom. The molecule has 0 heterocycles. The fourth-order valence-corrected chi connectivity index (χ4v) is 0.959. The van der Waals surface area contributed by atoms with Crippen molar-refractivity contribution in [3.8, 4) is 0 Å². The second-order valence-corrected chi connectivity index (χ2v) is 2.48. The summed E-state index contributed by atoms with van der Waals surface area (Å²) in [5.74, 6) is 0. The molecule has 14 heavy (non-hydrogen) atoms. The molecule has 0 amide bonds. The third kappa shape index (κ3) is 1.83. The molecule has 0 aromatic heterocycles. The van der Waals surface area contributed by atoms with Crippen LogP contribution in [0.2, 0.25) is 0 Å². The smallest absolute Gasteiger partial charge is 0.258 e. The van der Waals surface area contributed by atoms with E-state index in [9.17, 15) is 25.3 Å². The molecular formula is C7H5N2O5. The van der Waals surface area contributed by atoms with Crippen molar-refractivity contribution >= 4 is 11.4 Å². The third-order valence-electron chi connectivity index (χ3n) is 1.60. The molecule has 0 aliphatic carbocycles. The quantitative estimate of drug-likeness (QED) is 0.539. The first kappa shape index (κ1) is 10.1. The van der Waals surface area contributed by atoms with Crippen LogP contribution in [-0.4, -0.2) is 9.85 Å². The topological polar surface area (TPSA) is 106 Å². The molecule has 1 aromatic rings. The summed E-state index contributed by atoms with van der Waals surface area (Å²) in [7, 11) is 0. The van der Waals surface area contributed by atoms with Crippen LogP contribution in [0.1, 0.15) is 5.56 Å². The van der Waals surface area contributed by atoms with Crippen molar-refractivity contribution in [2.24, 2.45) is 0 Å². The molecule has 0 aliphatic heterocycles. The van der Waals surface area contributed by atoms with Crippen LogP contribution in [0.3, 0.4) is 0 Å². The van der Waals surface area contributed by atoms with Crippen molar-refractivity contribution in [2.45, 2.75) is 6.61 Å². The molecule has 0 bridgehead atoms. The summed E-state index contributed by atoms with van der Waals surface area (Å²) >= 11 is 0. The van der Waals surface area contributed by atoms with Gasteiger partial charge in [0, 0.05) is 12.1 Å². The van der Waals surface area contributed by atoms with E-state index in [1.807, 2.05) is 0 Å². The zero-order chi connectivity index (χ0) is 10.7. The number of rotatable bonds is 3. The number of hydrogen-bond donors (Lipinski definition) is 0. The Hall–Kier alpha value is -2.02. The summed E-state index contributed by atoms with van der Waals surface area (Å²) < 4.78 is 0. The number of nitrogens with zero attached hydrogens (tertiary/aromatic N) is 2. The van der Waals surface area contributed by atoms with Gasteiger partial charge in [0.15, 0.2) is 0 Å². The van der Waals surface area contributed by atoms with Gasteiger partial charge >= 0.3 is 11.4 Å². The minimum absolute atomic E-state index is 0.155. The normalized spacial score (nSPS) is 9.79. The molecule has 1 rings (SSSR count). The van der Waals surface area contributed by atoms with E-state index in [4.69, 9.17) is 0 Å². The molecular weight excluding hydrogens is 192 g/mol. The van der Waals surface area contributed by atoms with Gasteiger partial charge in [-0.15, -0.1) is 0 Å². The molecule has 73 valence electrons. The second-order valence-electron chi connectivity index (χ2n) is 2.48. The number of nitro benzene ring substituents is 2. The minimum Gasteiger partial charge on any atom is -0.258 e. The van der Waals surface area contributed by atoms with Crippen LogP contribution in [0.25, 0.3) is 0 Å². The van der Waals surface area contributed by atoms with E-state index >= 15 is 0 Å². The summed E-state index contributed by atoms with van der Waals surface area (Å²) in [5.41, 5.74) is -1.10. The largest absolute Gasteiger partial charge is 0.346 e. The Bertz CT molecular complexity index is 390. The van der Waals surface area contributed by atoms with Crippen molar-refractivity contribution in [3.63, 3.8) is 0 Å². The highest BCUT2D eigenvalue weighted by molar-refractivity contribution is 5.53. The van der Waals surface area contributed by atoms with Gasteiger partial charge in [-0.2, -0.15) is 0 Å². The van der Waals surface area contributed by atoms with E-state index in [0.29, 0.717) is 0 Å². The molecule has 0 fully saturated rings. The van der Waals surface area contributed by atoms with Crippen LogP contribution >= 0.6 is 0 Å². The predicted molar refractivity (Wildman–Crippen MR) is 44.1 cm³/mol. The molecule has 0 unspecified atom stereocenters. The van der Waals surface area contributed by atoms with E-state index in [1.54, 1.807) is 0 Å². The number of benzene rings is 1. The Balaban J connectivity index is 3.31. The highest BCUT2D eigenvalue weighted by Crippen LogP contribution is 2.27. The molecule has 0 saturated carbocycles. The average Bonchev–Trinajstić information content (AvgIpc) is 2.16. The summed E-state index contributed by atoms with van der Waals surface area (Å²) in [5, 5.41) is 31.1. The monoisotopic (exact) mass is 197 g/mol. The summed E-state index contributed by atoms with van der Waals surface area (Å²) in [6.45, 7) is -0.640. The van der Waals surface area contributed by atoms with Gasteiger partial charge in [-0.05, 0) is 11.6 Å². The summed E-state index contributed by atoms with van der Waals surface area (Å²) in [6, 6.07) is 3.09. The van der Waals surface area contributed by atoms with Gasteiger partial charge in [0.2, 0.25) is 0 Å². The lowest BCUT2D eigenvalue weighted by molar-refractivity contribution is -0.422. The summed E-state index contributed by atoms with van der Waals surface area (Å²) in [4.78, 5) is 19.0. The van der Waals surface area contributed by atoms with Crippen LogP contribution in [0.5, 0.6) is 0 Å². The molecule has 0 N–H and O–H groups in total. The third-order valence-corrected chi connectivity index (χ3v) is 1.60. The average molecular weight is 197 g/mol. The van der Waals surface area contributed by atoms with Gasteiger partial charge in [-0.1, -0.05) is 0 Å². The van der Waals surface area contributed by atoms with Gasteiger partial charge in [0.1, 0.15) is 6.61 Å². The standard InChI is InChI=1S/C7H5N2O5/c10-4-5-1-2-6(8(11)12)7(3-5)9(13)14/h1-3H,4H2. The number of hydrogen-bond acceptors (Lipinski definition) is 4. The lowest BCUT2D eigenvalue weighted by atomic mass is 10.2. The van der Waals surface area contributed by atoms with E-state index in [-0.39, 0.29) is 5.56 Å². The van der Waals surface area contributed by atoms with Gasteiger partial charge in [0.25, 0.3) is 0 Å². The minimum atomic E-state index is -0.878. The van der Waals surface area contributed by atoms with Gasteiger partial charge < -0.3 is 0 Å². The van der Waals surface area contributed by atoms with Crippen molar-refractivity contribution < 1.29 is 15.0 Å². The van der Waals surface area contributed by atoms with Gasteiger partial charge in [-0.25, -0.2) is 5.11 Å². The highest BCUT2D eigenvalue weighted by Gasteiger charge is 2.23. The van der Waals surface area contributed by atoms with Crippen molar-refractivity contribution in [2.75, 3.05) is 0 Å². The van der Waals surface area contributed by atoms with Gasteiger partial charge in [-0.3, -0.25) is 20.2 Å². The molecule has 0 aliphatic rings. The SMILES string of the molecule is [O]Cc1ccc([N+](=O)[O-])c([N+](=O)[O-])c1. The van der Waals surface area contributed by atoms with Crippen molar-refractivity contribution in [1.29, 1.82) is 0 Å². The van der Waals surface area contributed by atoms with Crippen LogP contribution in [-0.2, 0) is 11.7 Å². The molecule has 0 atom stereocenters. The molecule has 0 spiro atoms. The van der Waals surface area contributed by atoms with Crippen molar-refractivity contribution in [1.82, 2.24) is 0 Å². The Labute approximate surface area is 77.9 Å². The lowest BCUT2D eigenvalue weighted by Gasteiger charge is -1.96. The van der Waals surface area contributed by atoms with Crippen LogP contribution in [0.4, 0.5) is 11.4 Å². The highest BCUT2D eigenvalue weighted by atomic mass is 16.6. The second kappa shape index (κ2) is 3.79. The zero-order valence-electron chi connectivity index (χ0n) is 6.87.